The fourth-order valence-corrected chi connectivity index (χ4v) is 5.62. The van der Waals surface area contributed by atoms with Crippen molar-refractivity contribution in [2.24, 2.45) is 0 Å². The van der Waals surface area contributed by atoms with Gasteiger partial charge in [-0.05, 0) is 61.1 Å². The predicted molar refractivity (Wildman–Crippen MR) is 129 cm³/mol. The Hall–Kier alpha value is -3.20. The minimum Gasteiger partial charge on any atom is -0.319 e. The Bertz CT molecular complexity index is 1270. The summed E-state index contributed by atoms with van der Waals surface area (Å²) in [4.78, 5) is 39.8. The monoisotopic (exact) mass is 483 g/mol. The molecule has 0 unspecified atom stereocenters. The number of hydrogen-bond acceptors (Lipinski definition) is 5. The first-order valence-corrected chi connectivity index (χ1v) is 13.0. The van der Waals surface area contributed by atoms with Crippen molar-refractivity contribution in [1.29, 1.82) is 0 Å². The lowest BCUT2D eigenvalue weighted by atomic mass is 9.90. The van der Waals surface area contributed by atoms with E-state index in [2.05, 4.69) is 19.2 Å². The van der Waals surface area contributed by atoms with Gasteiger partial charge < -0.3 is 5.32 Å². The largest absolute Gasteiger partial charge is 0.325 e. The number of hydrogen-bond donors (Lipinski definition) is 1. The summed E-state index contributed by atoms with van der Waals surface area (Å²) in [5.74, 6) is -0.531. The van der Waals surface area contributed by atoms with Crippen molar-refractivity contribution in [1.82, 2.24) is 10.2 Å². The van der Waals surface area contributed by atoms with Crippen LogP contribution in [0.4, 0.5) is 10.5 Å². The van der Waals surface area contributed by atoms with Gasteiger partial charge in [-0.2, -0.15) is 0 Å². The molecule has 3 amide bonds. The SMILES string of the molecule is CCS(=O)(=O)N1CCc2cc(C(=O)CN3C(=O)N[C@](C)(c4ccc(C(C)C)cc4)C3=O)ccc21. The molecule has 0 aliphatic carbocycles. The summed E-state index contributed by atoms with van der Waals surface area (Å²) in [5.41, 5.74) is 2.20. The summed E-state index contributed by atoms with van der Waals surface area (Å²) in [5, 5.41) is 2.73. The van der Waals surface area contributed by atoms with Gasteiger partial charge in [0, 0.05) is 12.1 Å². The van der Waals surface area contributed by atoms with Gasteiger partial charge in [0.15, 0.2) is 5.78 Å². The lowest BCUT2D eigenvalue weighted by molar-refractivity contribution is -0.130. The van der Waals surface area contributed by atoms with Crippen LogP contribution in [-0.4, -0.2) is 49.9 Å². The zero-order valence-electron chi connectivity index (χ0n) is 19.8. The number of fused-ring (bicyclic) bond motifs is 1. The van der Waals surface area contributed by atoms with Gasteiger partial charge in [-0.15, -0.1) is 0 Å². The quantitative estimate of drug-likeness (QED) is 0.481. The number of urea groups is 1. The van der Waals surface area contributed by atoms with Crippen LogP contribution in [-0.2, 0) is 26.8 Å². The maximum Gasteiger partial charge on any atom is 0.325 e. The molecule has 0 aromatic heterocycles. The molecule has 0 saturated carbocycles. The second kappa shape index (κ2) is 8.54. The van der Waals surface area contributed by atoms with Gasteiger partial charge in [0.1, 0.15) is 5.54 Å². The second-order valence-corrected chi connectivity index (χ2v) is 11.4. The Balaban J connectivity index is 1.53. The molecule has 2 aromatic carbocycles. The molecule has 8 nitrogen and oxygen atoms in total. The topological polar surface area (TPSA) is 104 Å². The third kappa shape index (κ3) is 3.98. The van der Waals surface area contributed by atoms with Gasteiger partial charge in [0.25, 0.3) is 5.91 Å². The number of Topliss-reactive ketones (excluding diaryl/α,β-unsaturated/α-hetero) is 1. The number of nitrogens with zero attached hydrogens (tertiary/aromatic N) is 2. The number of amides is 3. The van der Waals surface area contributed by atoms with Crippen LogP contribution in [0.25, 0.3) is 0 Å². The van der Waals surface area contributed by atoms with Crippen molar-refractivity contribution in [3.8, 4) is 0 Å². The minimum atomic E-state index is -3.38. The van der Waals surface area contributed by atoms with Crippen LogP contribution in [0.3, 0.4) is 0 Å². The van der Waals surface area contributed by atoms with Gasteiger partial charge in [-0.3, -0.25) is 18.8 Å². The number of carbonyl (C=O) groups is 3. The predicted octanol–water partition coefficient (Wildman–Crippen LogP) is 3.17. The summed E-state index contributed by atoms with van der Waals surface area (Å²) in [6, 6.07) is 11.7. The Kier molecular flexibility index (Phi) is 6.01. The minimum absolute atomic E-state index is 0.00172. The number of anilines is 1. The van der Waals surface area contributed by atoms with Crippen LogP contribution in [0.15, 0.2) is 42.5 Å². The number of imide groups is 1. The first-order valence-electron chi connectivity index (χ1n) is 11.4. The van der Waals surface area contributed by atoms with Crippen molar-refractivity contribution in [2.45, 2.75) is 45.6 Å². The summed E-state index contributed by atoms with van der Waals surface area (Å²) < 4.78 is 25.9. The van der Waals surface area contributed by atoms with E-state index in [1.54, 1.807) is 32.0 Å². The first kappa shape index (κ1) is 23.9. The number of sulfonamides is 1. The maximum absolute atomic E-state index is 13.2. The number of nitrogens with one attached hydrogen (secondary N) is 1. The first-order chi connectivity index (χ1) is 16.0. The third-order valence-electron chi connectivity index (χ3n) is 6.69. The van der Waals surface area contributed by atoms with Crippen molar-refractivity contribution in [3.05, 3.63) is 64.7 Å². The smallest absolute Gasteiger partial charge is 0.319 e. The van der Waals surface area contributed by atoms with Gasteiger partial charge in [-0.1, -0.05) is 38.1 Å². The van der Waals surface area contributed by atoms with Crippen LogP contribution >= 0.6 is 0 Å². The number of rotatable bonds is 7. The highest BCUT2D eigenvalue weighted by atomic mass is 32.2. The summed E-state index contributed by atoms with van der Waals surface area (Å²) >= 11 is 0. The lowest BCUT2D eigenvalue weighted by Gasteiger charge is -2.23. The molecule has 0 radical (unpaired) electrons. The van der Waals surface area contributed by atoms with Gasteiger partial charge in [0.2, 0.25) is 10.0 Å². The molecule has 0 bridgehead atoms. The molecule has 34 heavy (non-hydrogen) atoms. The van der Waals surface area contributed by atoms with Crippen LogP contribution in [0.1, 0.15) is 60.7 Å². The molecule has 2 aromatic rings. The van der Waals surface area contributed by atoms with Gasteiger partial charge in [-0.25, -0.2) is 13.2 Å². The van der Waals surface area contributed by atoms with E-state index in [1.807, 2.05) is 24.3 Å². The summed E-state index contributed by atoms with van der Waals surface area (Å²) in [6.07, 6.45) is 0.503. The number of ketones is 1. The molecular weight excluding hydrogens is 454 g/mol. The van der Waals surface area contributed by atoms with Crippen molar-refractivity contribution < 1.29 is 22.8 Å². The molecular formula is C25H29N3O5S. The van der Waals surface area contributed by atoms with Crippen LogP contribution < -0.4 is 9.62 Å². The zero-order valence-corrected chi connectivity index (χ0v) is 20.6. The zero-order chi connectivity index (χ0) is 24.8. The molecule has 2 heterocycles. The molecule has 9 heteroatoms. The van der Waals surface area contributed by atoms with E-state index in [0.717, 1.165) is 16.0 Å². The molecule has 1 fully saturated rings. The van der Waals surface area contributed by atoms with Gasteiger partial charge >= 0.3 is 6.03 Å². The lowest BCUT2D eigenvalue weighted by Crippen LogP contribution is -2.41. The standard InChI is InChI=1S/C25H29N3O5S/c1-5-34(32,33)28-13-12-18-14-19(8-11-21(18)28)22(29)15-27-23(30)25(4,26-24(27)31)20-9-6-17(7-10-20)16(2)3/h6-11,14,16H,5,12-13,15H2,1-4H3,(H,26,31)/t25-/m1/s1. The molecule has 180 valence electrons. The fraction of sp³-hybridized carbons (Fsp3) is 0.400. The van der Waals surface area contributed by atoms with E-state index in [1.165, 1.54) is 4.31 Å². The average Bonchev–Trinajstić information content (AvgIpc) is 3.34. The fourth-order valence-electron chi connectivity index (χ4n) is 4.46. The van der Waals surface area contributed by atoms with Crippen LogP contribution in [0.5, 0.6) is 0 Å². The van der Waals surface area contributed by atoms with Crippen LogP contribution in [0, 0.1) is 0 Å². The second-order valence-electron chi connectivity index (χ2n) is 9.21. The average molecular weight is 484 g/mol. The van der Waals surface area contributed by atoms with E-state index in [0.29, 0.717) is 35.7 Å². The van der Waals surface area contributed by atoms with Gasteiger partial charge in [0.05, 0.1) is 18.0 Å². The molecule has 1 atom stereocenters. The molecule has 1 N–H and O–H groups in total. The molecule has 2 aliphatic rings. The maximum atomic E-state index is 13.2. The van der Waals surface area contributed by atoms with Crippen LogP contribution in [0.2, 0.25) is 0 Å². The summed E-state index contributed by atoms with van der Waals surface area (Å²) in [7, 11) is -3.38. The molecule has 4 rings (SSSR count). The van der Waals surface area contributed by atoms with E-state index < -0.39 is 27.5 Å². The normalized spacial score (nSPS) is 20.1. The van der Waals surface area contributed by atoms with Crippen molar-refractivity contribution >= 4 is 33.4 Å². The number of benzene rings is 2. The van der Waals surface area contributed by atoms with Crippen molar-refractivity contribution in [2.75, 3.05) is 23.1 Å². The van der Waals surface area contributed by atoms with E-state index in [9.17, 15) is 22.8 Å². The third-order valence-corrected chi connectivity index (χ3v) is 8.47. The molecule has 1 saturated heterocycles. The Morgan fingerprint density at radius 2 is 1.79 bits per heavy atom. The Morgan fingerprint density at radius 1 is 1.12 bits per heavy atom. The number of carbonyl (C=O) groups excluding carboxylic acids is 3. The van der Waals surface area contributed by atoms with Crippen molar-refractivity contribution in [3.63, 3.8) is 0 Å². The highest BCUT2D eigenvalue weighted by Gasteiger charge is 2.49. The summed E-state index contributed by atoms with van der Waals surface area (Å²) in [6.45, 7) is 7.33. The van der Waals surface area contributed by atoms with E-state index >= 15 is 0 Å². The van der Waals surface area contributed by atoms with E-state index in [4.69, 9.17) is 0 Å². The Morgan fingerprint density at radius 3 is 2.41 bits per heavy atom. The highest BCUT2D eigenvalue weighted by molar-refractivity contribution is 7.92. The molecule has 0 spiro atoms. The molecule has 2 aliphatic heterocycles. The van der Waals surface area contributed by atoms with E-state index in [-0.39, 0.29) is 18.1 Å². The Labute approximate surface area is 200 Å². The highest BCUT2D eigenvalue weighted by Crippen LogP contribution is 2.33.